The van der Waals surface area contributed by atoms with Gasteiger partial charge in [0.15, 0.2) is 0 Å². The number of alkyl halides is 3. The van der Waals surface area contributed by atoms with E-state index in [2.05, 4.69) is 9.50 Å². The predicted molar refractivity (Wildman–Crippen MR) is 102 cm³/mol. The number of amides is 1. The third kappa shape index (κ3) is 6.95. The second kappa shape index (κ2) is 8.25. The van der Waals surface area contributed by atoms with Crippen molar-refractivity contribution in [3.8, 4) is 5.75 Å². The normalized spacial score (nSPS) is 16.5. The first kappa shape index (κ1) is 23.1. The maximum Gasteiger partial charge on any atom is 0.534 e. The molecular weight excluding hydrogens is 411 g/mol. The summed E-state index contributed by atoms with van der Waals surface area (Å²) < 4.78 is 69.7. The Hall–Kier alpha value is -2.23. The van der Waals surface area contributed by atoms with Gasteiger partial charge < -0.3 is 14.2 Å². The van der Waals surface area contributed by atoms with Gasteiger partial charge in [-0.2, -0.15) is 21.6 Å². The Labute approximate surface area is 168 Å². The smallest absolute Gasteiger partial charge is 0.444 e. The maximum absolute atomic E-state index is 12.6. The SMILES string of the molecule is C[C@H](NC(=O)OC(C)(C)C)c1ccc(OS(=O)(=O)C(F)(F)F)cc1/C=C/C1CC1. The van der Waals surface area contributed by atoms with Gasteiger partial charge in [-0.1, -0.05) is 18.2 Å². The van der Waals surface area contributed by atoms with Crippen molar-refractivity contribution in [3.05, 3.63) is 35.4 Å². The van der Waals surface area contributed by atoms with Crippen molar-refractivity contribution in [3.63, 3.8) is 0 Å². The standard InChI is InChI=1S/C19H24F3NO5S/c1-12(23-17(24)27-18(2,3)4)16-10-9-15(28-29(25,26)19(20,21)22)11-14(16)8-7-13-5-6-13/h7-13H,5-6H2,1-4H3,(H,23,24)/b8-7+/t12-/m0/s1. The van der Waals surface area contributed by atoms with Gasteiger partial charge in [0.2, 0.25) is 0 Å². The minimum Gasteiger partial charge on any atom is -0.444 e. The Morgan fingerprint density at radius 2 is 1.86 bits per heavy atom. The lowest BCUT2D eigenvalue weighted by Crippen LogP contribution is -2.34. The van der Waals surface area contributed by atoms with Gasteiger partial charge in [-0.05, 0) is 69.7 Å². The monoisotopic (exact) mass is 435 g/mol. The van der Waals surface area contributed by atoms with E-state index in [1.54, 1.807) is 33.8 Å². The molecule has 6 nitrogen and oxygen atoms in total. The van der Waals surface area contributed by atoms with Crippen LogP contribution in [0.2, 0.25) is 0 Å². The van der Waals surface area contributed by atoms with Gasteiger partial charge in [-0.25, -0.2) is 4.79 Å². The predicted octanol–water partition coefficient (Wildman–Crippen LogP) is 4.92. The first-order valence-electron chi connectivity index (χ1n) is 9.00. The molecule has 162 valence electrons. The van der Waals surface area contributed by atoms with Crippen molar-refractivity contribution < 1.29 is 35.3 Å². The van der Waals surface area contributed by atoms with E-state index in [4.69, 9.17) is 4.74 Å². The van der Waals surface area contributed by atoms with Gasteiger partial charge in [0, 0.05) is 0 Å². The Morgan fingerprint density at radius 1 is 1.24 bits per heavy atom. The van der Waals surface area contributed by atoms with Crippen LogP contribution in [0.25, 0.3) is 6.08 Å². The summed E-state index contributed by atoms with van der Waals surface area (Å²) in [5, 5.41) is 2.65. The highest BCUT2D eigenvalue weighted by molar-refractivity contribution is 7.88. The van der Waals surface area contributed by atoms with Gasteiger partial charge in [0.1, 0.15) is 11.4 Å². The summed E-state index contributed by atoms with van der Waals surface area (Å²) in [6, 6.07) is 3.18. The first-order chi connectivity index (χ1) is 13.2. The molecule has 0 heterocycles. The van der Waals surface area contributed by atoms with Crippen LogP contribution in [-0.4, -0.2) is 25.6 Å². The molecule has 1 aliphatic rings. The van der Waals surface area contributed by atoms with Crippen LogP contribution in [-0.2, 0) is 14.9 Å². The molecule has 0 unspecified atom stereocenters. The van der Waals surface area contributed by atoms with Crippen molar-refractivity contribution in [1.82, 2.24) is 5.32 Å². The molecule has 0 aliphatic heterocycles. The number of ether oxygens (including phenoxy) is 1. The van der Waals surface area contributed by atoms with Crippen LogP contribution in [0.1, 0.15) is 57.7 Å². The fourth-order valence-electron chi connectivity index (χ4n) is 2.41. The van der Waals surface area contributed by atoms with Crippen LogP contribution in [0.5, 0.6) is 5.75 Å². The minimum absolute atomic E-state index is 0.375. The van der Waals surface area contributed by atoms with E-state index < -0.39 is 39.1 Å². The molecule has 0 aromatic heterocycles. The molecule has 2 rings (SSSR count). The Morgan fingerprint density at radius 3 is 2.38 bits per heavy atom. The number of benzene rings is 1. The number of alkyl carbamates (subject to hydrolysis) is 1. The van der Waals surface area contributed by atoms with Gasteiger partial charge >= 0.3 is 21.7 Å². The zero-order valence-corrected chi connectivity index (χ0v) is 17.4. The highest BCUT2D eigenvalue weighted by Crippen LogP contribution is 2.33. The zero-order valence-electron chi connectivity index (χ0n) is 16.5. The van der Waals surface area contributed by atoms with Gasteiger partial charge in [0.25, 0.3) is 0 Å². The average Bonchev–Trinajstić information content (AvgIpc) is 3.33. The summed E-state index contributed by atoms with van der Waals surface area (Å²) >= 11 is 0. The second-order valence-electron chi connectivity index (χ2n) is 7.84. The highest BCUT2D eigenvalue weighted by Gasteiger charge is 2.48. The molecule has 29 heavy (non-hydrogen) atoms. The lowest BCUT2D eigenvalue weighted by atomic mass is 10.0. The van der Waals surface area contributed by atoms with E-state index in [9.17, 15) is 26.4 Å². The topological polar surface area (TPSA) is 81.7 Å². The van der Waals surface area contributed by atoms with Crippen LogP contribution < -0.4 is 9.50 Å². The average molecular weight is 435 g/mol. The van der Waals surface area contributed by atoms with Crippen molar-refractivity contribution in [2.24, 2.45) is 5.92 Å². The minimum atomic E-state index is -5.77. The summed E-state index contributed by atoms with van der Waals surface area (Å²) in [6.45, 7) is 6.83. The number of carbonyl (C=O) groups is 1. The summed E-state index contributed by atoms with van der Waals surface area (Å²) in [6.07, 6.45) is 4.95. The lowest BCUT2D eigenvalue weighted by molar-refractivity contribution is -0.0500. The third-order valence-electron chi connectivity index (χ3n) is 3.92. The van der Waals surface area contributed by atoms with Crippen molar-refractivity contribution in [1.29, 1.82) is 0 Å². The van der Waals surface area contributed by atoms with Crippen LogP contribution in [0, 0.1) is 5.92 Å². The Kier molecular flexibility index (Phi) is 6.56. The van der Waals surface area contributed by atoms with Crippen molar-refractivity contribution in [2.45, 2.75) is 57.7 Å². The molecule has 10 heteroatoms. The lowest BCUT2D eigenvalue weighted by Gasteiger charge is -2.23. The molecule has 0 bridgehead atoms. The molecule has 1 fully saturated rings. The van der Waals surface area contributed by atoms with Crippen LogP contribution in [0.3, 0.4) is 0 Å². The van der Waals surface area contributed by atoms with E-state index in [-0.39, 0.29) is 0 Å². The number of hydrogen-bond donors (Lipinski definition) is 1. The van der Waals surface area contributed by atoms with Crippen molar-refractivity contribution >= 4 is 22.3 Å². The molecule has 1 saturated carbocycles. The fourth-order valence-corrected chi connectivity index (χ4v) is 2.86. The summed E-state index contributed by atoms with van der Waals surface area (Å²) in [5.41, 5.74) is -5.21. The van der Waals surface area contributed by atoms with E-state index in [1.165, 1.54) is 12.1 Å². The van der Waals surface area contributed by atoms with Gasteiger partial charge in [-0.15, -0.1) is 0 Å². The van der Waals surface area contributed by atoms with Crippen LogP contribution in [0.15, 0.2) is 24.3 Å². The number of allylic oxidation sites excluding steroid dienone is 1. The van der Waals surface area contributed by atoms with E-state index in [1.807, 2.05) is 6.08 Å². The largest absolute Gasteiger partial charge is 0.534 e. The van der Waals surface area contributed by atoms with Gasteiger partial charge in [0.05, 0.1) is 6.04 Å². The molecule has 0 spiro atoms. The molecule has 1 aromatic carbocycles. The quantitative estimate of drug-likeness (QED) is 0.506. The number of rotatable bonds is 6. The number of carbonyl (C=O) groups excluding carboxylic acids is 1. The molecule has 1 amide bonds. The first-order valence-corrected chi connectivity index (χ1v) is 10.4. The molecule has 0 saturated heterocycles. The summed E-state index contributed by atoms with van der Waals surface area (Å²) in [5.74, 6) is -0.0913. The van der Waals surface area contributed by atoms with E-state index >= 15 is 0 Å². The number of hydrogen-bond acceptors (Lipinski definition) is 5. The van der Waals surface area contributed by atoms with E-state index in [0.29, 0.717) is 17.0 Å². The number of nitrogens with one attached hydrogen (secondary N) is 1. The third-order valence-corrected chi connectivity index (χ3v) is 4.90. The molecule has 0 radical (unpaired) electrons. The summed E-state index contributed by atoms with van der Waals surface area (Å²) in [7, 11) is -5.77. The molecule has 1 atom stereocenters. The molecular formula is C19H24F3NO5S. The summed E-state index contributed by atoms with van der Waals surface area (Å²) in [4.78, 5) is 12.0. The Bertz CT molecular complexity index is 884. The van der Waals surface area contributed by atoms with Crippen molar-refractivity contribution in [2.75, 3.05) is 0 Å². The molecule has 1 aliphatic carbocycles. The maximum atomic E-state index is 12.6. The zero-order chi connectivity index (χ0) is 22.0. The van der Waals surface area contributed by atoms with E-state index in [0.717, 1.165) is 18.9 Å². The molecule has 1 aromatic rings. The molecule has 1 N–H and O–H groups in total. The fraction of sp³-hybridized carbons (Fsp3) is 0.526. The number of halogens is 3. The Balaban J connectivity index is 2.28. The van der Waals surface area contributed by atoms with Crippen LogP contribution in [0.4, 0.5) is 18.0 Å². The van der Waals surface area contributed by atoms with Crippen LogP contribution >= 0.6 is 0 Å². The highest BCUT2D eigenvalue weighted by atomic mass is 32.2. The second-order valence-corrected chi connectivity index (χ2v) is 9.38. The van der Waals surface area contributed by atoms with Gasteiger partial charge in [-0.3, -0.25) is 0 Å².